The van der Waals surface area contributed by atoms with Crippen LogP contribution >= 0.6 is 0 Å². The second-order valence-corrected chi connectivity index (χ2v) is 2.81. The third-order valence-corrected chi connectivity index (χ3v) is 1.61. The van der Waals surface area contributed by atoms with Gasteiger partial charge in [0.2, 0.25) is 0 Å². The number of carbonyl (C=O) groups excluding carboxylic acids is 2. The fourth-order valence-electron chi connectivity index (χ4n) is 0.660. The van der Waals surface area contributed by atoms with Gasteiger partial charge in [0.05, 0.1) is 0 Å². The fraction of sp³-hybridized carbons (Fsp3) is 0.455. The summed E-state index contributed by atoms with van der Waals surface area (Å²) < 4.78 is 13.9. The van der Waals surface area contributed by atoms with E-state index in [9.17, 15) is 9.59 Å². The summed E-state index contributed by atoms with van der Waals surface area (Å²) in [7, 11) is 0. The molecule has 0 aromatic carbocycles. The molecular weight excluding hydrogens is 212 g/mol. The Balaban J connectivity index is 3.57. The van der Waals surface area contributed by atoms with E-state index in [1.165, 1.54) is 6.08 Å². The lowest BCUT2D eigenvalue weighted by molar-refractivity contribution is -0.140. The second-order valence-electron chi connectivity index (χ2n) is 2.81. The second kappa shape index (κ2) is 8.52. The van der Waals surface area contributed by atoms with Crippen LogP contribution < -0.4 is 0 Å². The molecule has 5 nitrogen and oxygen atoms in total. The van der Waals surface area contributed by atoms with Gasteiger partial charge >= 0.3 is 12.1 Å². The van der Waals surface area contributed by atoms with Crippen molar-refractivity contribution in [2.24, 2.45) is 0 Å². The summed E-state index contributed by atoms with van der Waals surface area (Å²) in [6.45, 7) is 6.82. The molecule has 0 saturated carbocycles. The first-order valence-electron chi connectivity index (χ1n) is 4.82. The number of hydrogen-bond acceptors (Lipinski definition) is 5. The molecule has 0 unspecified atom stereocenters. The number of rotatable bonds is 6. The molecule has 0 aliphatic rings. The third kappa shape index (κ3) is 6.64. The number of allylic oxidation sites excluding steroid dienone is 1. The first-order chi connectivity index (χ1) is 7.61. The number of ether oxygens (including phenoxy) is 3. The molecule has 0 heterocycles. The molecule has 0 bridgehead atoms. The van der Waals surface area contributed by atoms with Gasteiger partial charge in [-0.25, -0.2) is 9.59 Å². The van der Waals surface area contributed by atoms with Crippen LogP contribution in [0.1, 0.15) is 13.8 Å². The highest BCUT2D eigenvalue weighted by molar-refractivity contribution is 5.87. The van der Waals surface area contributed by atoms with E-state index in [0.717, 1.165) is 0 Å². The lowest BCUT2D eigenvalue weighted by Crippen LogP contribution is -2.15. The molecule has 0 radical (unpaired) electrons. The highest BCUT2D eigenvalue weighted by Gasteiger charge is 2.06. The van der Waals surface area contributed by atoms with Gasteiger partial charge in [-0.3, -0.25) is 0 Å². The molecule has 0 fully saturated rings. The molecule has 0 spiro atoms. The molecule has 0 saturated heterocycles. The largest absolute Gasteiger partial charge is 0.508 e. The van der Waals surface area contributed by atoms with Crippen molar-refractivity contribution in [1.82, 2.24) is 0 Å². The molecule has 90 valence electrons. The normalized spacial score (nSPS) is 10.5. The average Bonchev–Trinajstić information content (AvgIpc) is 2.30. The molecule has 0 aliphatic heterocycles. The van der Waals surface area contributed by atoms with Crippen LogP contribution in [0, 0.1) is 0 Å². The molecule has 0 amide bonds. The minimum atomic E-state index is -0.807. The van der Waals surface area contributed by atoms with Crippen molar-refractivity contribution in [3.05, 3.63) is 24.3 Å². The van der Waals surface area contributed by atoms with Gasteiger partial charge in [0.1, 0.15) is 19.8 Å². The Morgan fingerprint density at radius 1 is 1.19 bits per heavy atom. The fourth-order valence-corrected chi connectivity index (χ4v) is 0.660. The van der Waals surface area contributed by atoms with Crippen LogP contribution in [0.3, 0.4) is 0 Å². The molecular formula is C11H16O5. The lowest BCUT2D eigenvalue weighted by atomic mass is 10.3. The average molecular weight is 228 g/mol. The van der Waals surface area contributed by atoms with Crippen LogP contribution in [-0.2, 0) is 19.0 Å². The van der Waals surface area contributed by atoms with E-state index in [2.05, 4.69) is 16.1 Å². The quantitative estimate of drug-likeness (QED) is 0.300. The zero-order chi connectivity index (χ0) is 12.4. The van der Waals surface area contributed by atoms with Crippen molar-refractivity contribution < 1.29 is 23.8 Å². The topological polar surface area (TPSA) is 61.8 Å². The summed E-state index contributed by atoms with van der Waals surface area (Å²) in [5, 5.41) is 0. The summed E-state index contributed by atoms with van der Waals surface area (Å²) in [6, 6.07) is 0. The maximum atomic E-state index is 11.1. The van der Waals surface area contributed by atoms with Gasteiger partial charge in [0, 0.05) is 5.57 Å². The van der Waals surface area contributed by atoms with Crippen molar-refractivity contribution in [2.45, 2.75) is 13.8 Å². The minimum absolute atomic E-state index is 0.00715. The van der Waals surface area contributed by atoms with Gasteiger partial charge in [-0.15, -0.1) is 0 Å². The summed E-state index contributed by atoms with van der Waals surface area (Å²) >= 11 is 0. The Kier molecular flexibility index (Phi) is 7.57. The molecule has 5 heteroatoms. The van der Waals surface area contributed by atoms with Crippen LogP contribution in [0.4, 0.5) is 4.79 Å². The van der Waals surface area contributed by atoms with Crippen LogP contribution in [-0.4, -0.2) is 31.9 Å². The first-order valence-corrected chi connectivity index (χ1v) is 4.82. The number of hydrogen-bond donors (Lipinski definition) is 0. The predicted octanol–water partition coefficient (Wildman–Crippen LogP) is 1.83. The Labute approximate surface area is 94.7 Å². The molecule has 0 rings (SSSR count). The van der Waals surface area contributed by atoms with E-state index in [1.807, 2.05) is 0 Å². The van der Waals surface area contributed by atoms with Crippen molar-refractivity contribution in [3.8, 4) is 0 Å². The van der Waals surface area contributed by atoms with Gasteiger partial charge in [-0.1, -0.05) is 18.7 Å². The third-order valence-electron chi connectivity index (χ3n) is 1.61. The molecule has 0 aliphatic carbocycles. The van der Waals surface area contributed by atoms with Gasteiger partial charge in [-0.2, -0.15) is 0 Å². The maximum Gasteiger partial charge on any atom is 0.508 e. The van der Waals surface area contributed by atoms with Crippen LogP contribution in [0.2, 0.25) is 0 Å². The van der Waals surface area contributed by atoms with Crippen molar-refractivity contribution in [2.75, 3.05) is 19.8 Å². The molecule has 16 heavy (non-hydrogen) atoms. The molecule has 0 aromatic heterocycles. The van der Waals surface area contributed by atoms with Crippen molar-refractivity contribution in [1.29, 1.82) is 0 Å². The molecule has 0 N–H and O–H groups in total. The zero-order valence-electron chi connectivity index (χ0n) is 9.52. The van der Waals surface area contributed by atoms with Crippen molar-refractivity contribution in [3.63, 3.8) is 0 Å². The van der Waals surface area contributed by atoms with Crippen LogP contribution in [0.25, 0.3) is 0 Å². The van der Waals surface area contributed by atoms with E-state index in [0.29, 0.717) is 5.57 Å². The lowest BCUT2D eigenvalue weighted by Gasteiger charge is -2.06. The van der Waals surface area contributed by atoms with E-state index >= 15 is 0 Å². The molecule has 0 atom stereocenters. The summed E-state index contributed by atoms with van der Waals surface area (Å²) in [5.74, 6) is -0.425. The Hall–Kier alpha value is -1.78. The predicted molar refractivity (Wildman–Crippen MR) is 57.9 cm³/mol. The SMILES string of the molecule is C=CCOC(=O)OCCOC(=O)C(C)=CC. The Bertz CT molecular complexity index is 280. The monoisotopic (exact) mass is 228 g/mol. The van der Waals surface area contributed by atoms with E-state index < -0.39 is 12.1 Å². The first kappa shape index (κ1) is 14.2. The van der Waals surface area contributed by atoms with E-state index in [1.54, 1.807) is 19.9 Å². The number of carbonyl (C=O) groups is 2. The van der Waals surface area contributed by atoms with Gasteiger partial charge in [0.15, 0.2) is 0 Å². The van der Waals surface area contributed by atoms with Gasteiger partial charge in [-0.05, 0) is 13.8 Å². The van der Waals surface area contributed by atoms with Crippen molar-refractivity contribution >= 4 is 12.1 Å². The standard InChI is InChI=1S/C11H16O5/c1-4-6-15-11(13)16-8-7-14-10(12)9(3)5-2/h4-5H,1,6-8H2,2-3H3. The summed E-state index contributed by atoms with van der Waals surface area (Å²) in [4.78, 5) is 21.9. The smallest absolute Gasteiger partial charge is 0.459 e. The zero-order valence-corrected chi connectivity index (χ0v) is 9.52. The van der Waals surface area contributed by atoms with Gasteiger partial charge < -0.3 is 14.2 Å². The van der Waals surface area contributed by atoms with E-state index in [-0.39, 0.29) is 19.8 Å². The summed E-state index contributed by atoms with van der Waals surface area (Å²) in [5.41, 5.74) is 0.509. The van der Waals surface area contributed by atoms with Gasteiger partial charge in [0.25, 0.3) is 0 Å². The molecule has 0 aromatic rings. The van der Waals surface area contributed by atoms with Crippen LogP contribution in [0.15, 0.2) is 24.3 Å². The Morgan fingerprint density at radius 2 is 1.81 bits per heavy atom. The van der Waals surface area contributed by atoms with E-state index in [4.69, 9.17) is 4.74 Å². The highest BCUT2D eigenvalue weighted by atomic mass is 16.7. The summed E-state index contributed by atoms with van der Waals surface area (Å²) in [6.07, 6.45) is 2.26. The Morgan fingerprint density at radius 3 is 2.38 bits per heavy atom. The number of esters is 1. The van der Waals surface area contributed by atoms with Crippen LogP contribution in [0.5, 0.6) is 0 Å². The maximum absolute atomic E-state index is 11.1. The highest BCUT2D eigenvalue weighted by Crippen LogP contribution is 1.95. The minimum Gasteiger partial charge on any atom is -0.459 e.